The topological polar surface area (TPSA) is 72.5 Å². The molecule has 0 fully saturated rings. The number of amides is 1. The van der Waals surface area contributed by atoms with Gasteiger partial charge in [0, 0.05) is 32.0 Å². The lowest BCUT2D eigenvalue weighted by Crippen LogP contribution is -2.11. The first-order valence-corrected chi connectivity index (χ1v) is 8.11. The minimum absolute atomic E-state index is 0.168. The van der Waals surface area contributed by atoms with Crippen LogP contribution in [0.25, 0.3) is 0 Å². The Balaban J connectivity index is 2.00. The summed E-state index contributed by atoms with van der Waals surface area (Å²) in [6.45, 7) is 3.29. The number of carbonyl (C=O) groups excluding carboxylic acids is 1. The van der Waals surface area contributed by atoms with E-state index in [1.807, 2.05) is 25.1 Å². The van der Waals surface area contributed by atoms with Gasteiger partial charge in [-0.1, -0.05) is 17.4 Å². The molecule has 0 aliphatic heterocycles. The molecule has 1 heterocycles. The second-order valence-electron chi connectivity index (χ2n) is 4.89. The highest BCUT2D eigenvalue weighted by Crippen LogP contribution is 2.24. The highest BCUT2D eigenvalue weighted by atomic mass is 32.1. The largest absolute Gasteiger partial charge is 0.497 e. The molecule has 2 rings (SSSR count). The monoisotopic (exact) mass is 335 g/mol. The molecule has 0 saturated carbocycles. The summed E-state index contributed by atoms with van der Waals surface area (Å²) in [5, 5.41) is 6.82. The van der Waals surface area contributed by atoms with E-state index in [4.69, 9.17) is 9.47 Å². The molecule has 6 nitrogen and oxygen atoms in total. The zero-order chi connectivity index (χ0) is 16.7. The lowest BCUT2D eigenvalue weighted by Gasteiger charge is -2.06. The zero-order valence-electron chi connectivity index (χ0n) is 13.5. The van der Waals surface area contributed by atoms with Crippen molar-refractivity contribution in [1.29, 1.82) is 0 Å². The molecule has 0 spiro atoms. The fourth-order valence-electron chi connectivity index (χ4n) is 1.98. The van der Waals surface area contributed by atoms with Gasteiger partial charge in [0.05, 0.1) is 12.8 Å². The summed E-state index contributed by atoms with van der Waals surface area (Å²) in [6.07, 6.45) is 0.889. The molecule has 0 radical (unpaired) electrons. The SMILES string of the molecule is COCCCNc1nc(C)c(C(=O)Nc2cccc(OC)c2)s1. The van der Waals surface area contributed by atoms with Gasteiger partial charge in [-0.15, -0.1) is 0 Å². The van der Waals surface area contributed by atoms with Crippen LogP contribution in [0.4, 0.5) is 10.8 Å². The summed E-state index contributed by atoms with van der Waals surface area (Å²) in [5.74, 6) is 0.530. The third kappa shape index (κ3) is 4.94. The Morgan fingerprint density at radius 2 is 2.17 bits per heavy atom. The molecule has 0 unspecified atom stereocenters. The van der Waals surface area contributed by atoms with Crippen molar-refractivity contribution >= 4 is 28.1 Å². The lowest BCUT2D eigenvalue weighted by atomic mass is 10.3. The van der Waals surface area contributed by atoms with Gasteiger partial charge in [0.1, 0.15) is 10.6 Å². The van der Waals surface area contributed by atoms with Gasteiger partial charge in [0.15, 0.2) is 5.13 Å². The van der Waals surface area contributed by atoms with Crippen molar-refractivity contribution in [2.45, 2.75) is 13.3 Å². The molecule has 1 aromatic carbocycles. The number of methoxy groups -OCH3 is 2. The Kier molecular flexibility index (Phi) is 6.37. The van der Waals surface area contributed by atoms with E-state index in [0.717, 1.165) is 18.1 Å². The maximum absolute atomic E-state index is 12.4. The molecule has 1 aromatic heterocycles. The third-order valence-corrected chi connectivity index (χ3v) is 4.25. The second kappa shape index (κ2) is 8.50. The quantitative estimate of drug-likeness (QED) is 0.725. The van der Waals surface area contributed by atoms with E-state index in [0.29, 0.717) is 28.6 Å². The standard InChI is InChI=1S/C16H21N3O3S/c1-11-14(23-16(18-11)17-8-5-9-21-2)15(20)19-12-6-4-7-13(10-12)22-3/h4,6-7,10H,5,8-9H2,1-3H3,(H,17,18)(H,19,20). The molecular weight excluding hydrogens is 314 g/mol. The maximum Gasteiger partial charge on any atom is 0.267 e. The van der Waals surface area contributed by atoms with E-state index < -0.39 is 0 Å². The first-order chi connectivity index (χ1) is 11.1. The number of nitrogens with zero attached hydrogens (tertiary/aromatic N) is 1. The number of hydrogen-bond donors (Lipinski definition) is 2. The number of aryl methyl sites for hydroxylation is 1. The summed E-state index contributed by atoms with van der Waals surface area (Å²) >= 11 is 1.35. The number of nitrogens with one attached hydrogen (secondary N) is 2. The molecule has 0 atom stereocenters. The van der Waals surface area contributed by atoms with Gasteiger partial charge in [-0.05, 0) is 25.5 Å². The van der Waals surface area contributed by atoms with Crippen LogP contribution in [0.3, 0.4) is 0 Å². The average molecular weight is 335 g/mol. The van der Waals surface area contributed by atoms with Crippen molar-refractivity contribution in [2.75, 3.05) is 38.0 Å². The molecular formula is C16H21N3O3S. The predicted octanol–water partition coefficient (Wildman–Crippen LogP) is 3.16. The summed E-state index contributed by atoms with van der Waals surface area (Å²) in [5.41, 5.74) is 1.40. The van der Waals surface area contributed by atoms with Crippen LogP contribution < -0.4 is 15.4 Å². The number of aromatic nitrogens is 1. The van der Waals surface area contributed by atoms with Gasteiger partial charge in [0.2, 0.25) is 0 Å². The molecule has 7 heteroatoms. The highest BCUT2D eigenvalue weighted by molar-refractivity contribution is 7.17. The lowest BCUT2D eigenvalue weighted by molar-refractivity contribution is 0.103. The fourth-order valence-corrected chi connectivity index (χ4v) is 2.87. The zero-order valence-corrected chi connectivity index (χ0v) is 14.3. The molecule has 2 aromatic rings. The van der Waals surface area contributed by atoms with Gasteiger partial charge in [-0.3, -0.25) is 4.79 Å². The smallest absolute Gasteiger partial charge is 0.267 e. The molecule has 0 aliphatic carbocycles. The second-order valence-corrected chi connectivity index (χ2v) is 5.89. The number of thiazole rings is 1. The van der Waals surface area contributed by atoms with E-state index in [1.165, 1.54) is 11.3 Å². The minimum Gasteiger partial charge on any atom is -0.497 e. The van der Waals surface area contributed by atoms with E-state index in [9.17, 15) is 4.79 Å². The summed E-state index contributed by atoms with van der Waals surface area (Å²) < 4.78 is 10.2. The van der Waals surface area contributed by atoms with Crippen LogP contribution in [0, 0.1) is 6.92 Å². The van der Waals surface area contributed by atoms with Crippen LogP contribution in [0.1, 0.15) is 21.8 Å². The third-order valence-electron chi connectivity index (χ3n) is 3.13. The van der Waals surface area contributed by atoms with Crippen LogP contribution in [0.5, 0.6) is 5.75 Å². The summed E-state index contributed by atoms with van der Waals surface area (Å²) in [4.78, 5) is 17.4. The van der Waals surface area contributed by atoms with Gasteiger partial charge in [-0.25, -0.2) is 4.98 Å². The van der Waals surface area contributed by atoms with Crippen molar-refractivity contribution in [3.05, 3.63) is 34.8 Å². The Labute approximate surface area is 139 Å². The Morgan fingerprint density at radius 3 is 2.91 bits per heavy atom. The van der Waals surface area contributed by atoms with Gasteiger partial charge < -0.3 is 20.1 Å². The average Bonchev–Trinajstić information content (AvgIpc) is 2.93. The number of benzene rings is 1. The van der Waals surface area contributed by atoms with Crippen molar-refractivity contribution < 1.29 is 14.3 Å². The molecule has 1 amide bonds. The van der Waals surface area contributed by atoms with Crippen molar-refractivity contribution in [2.24, 2.45) is 0 Å². The number of ether oxygens (including phenoxy) is 2. The minimum atomic E-state index is -0.168. The Hall–Kier alpha value is -2.12. The summed E-state index contributed by atoms with van der Waals surface area (Å²) in [6, 6.07) is 7.26. The predicted molar refractivity (Wildman–Crippen MR) is 92.8 cm³/mol. The van der Waals surface area contributed by atoms with E-state index >= 15 is 0 Å². The van der Waals surface area contributed by atoms with E-state index in [1.54, 1.807) is 20.3 Å². The first-order valence-electron chi connectivity index (χ1n) is 7.29. The normalized spacial score (nSPS) is 10.4. The maximum atomic E-state index is 12.4. The van der Waals surface area contributed by atoms with Gasteiger partial charge >= 0.3 is 0 Å². The molecule has 0 bridgehead atoms. The molecule has 23 heavy (non-hydrogen) atoms. The van der Waals surface area contributed by atoms with Crippen LogP contribution in [0.15, 0.2) is 24.3 Å². The van der Waals surface area contributed by atoms with Crippen LogP contribution in [-0.4, -0.2) is 38.3 Å². The molecule has 0 aliphatic rings. The molecule has 124 valence electrons. The molecule has 2 N–H and O–H groups in total. The van der Waals surface area contributed by atoms with Crippen molar-refractivity contribution in [3.63, 3.8) is 0 Å². The van der Waals surface area contributed by atoms with Crippen LogP contribution in [0.2, 0.25) is 0 Å². The van der Waals surface area contributed by atoms with Crippen molar-refractivity contribution in [3.8, 4) is 5.75 Å². The van der Waals surface area contributed by atoms with Gasteiger partial charge in [0.25, 0.3) is 5.91 Å². The number of hydrogen-bond acceptors (Lipinski definition) is 6. The first kappa shape index (κ1) is 17.2. The van der Waals surface area contributed by atoms with E-state index in [2.05, 4.69) is 15.6 Å². The Morgan fingerprint density at radius 1 is 1.35 bits per heavy atom. The Bertz CT molecular complexity index is 658. The van der Waals surface area contributed by atoms with Crippen molar-refractivity contribution in [1.82, 2.24) is 4.98 Å². The van der Waals surface area contributed by atoms with Gasteiger partial charge in [-0.2, -0.15) is 0 Å². The van der Waals surface area contributed by atoms with Crippen LogP contribution >= 0.6 is 11.3 Å². The fraction of sp³-hybridized carbons (Fsp3) is 0.375. The number of rotatable bonds is 8. The molecule has 0 saturated heterocycles. The number of carbonyl (C=O) groups is 1. The summed E-state index contributed by atoms with van der Waals surface area (Å²) in [7, 11) is 3.27. The highest BCUT2D eigenvalue weighted by Gasteiger charge is 2.15. The van der Waals surface area contributed by atoms with E-state index in [-0.39, 0.29) is 5.91 Å². The van der Waals surface area contributed by atoms with Crippen LogP contribution in [-0.2, 0) is 4.74 Å². The number of anilines is 2.